The summed E-state index contributed by atoms with van der Waals surface area (Å²) >= 11 is 1.56. The van der Waals surface area contributed by atoms with E-state index < -0.39 is 5.41 Å². The van der Waals surface area contributed by atoms with Gasteiger partial charge in [-0.05, 0) is 26.2 Å². The smallest absolute Gasteiger partial charge is 0.240 e. The number of hydrogen-bond acceptors (Lipinski definition) is 4. The van der Waals surface area contributed by atoms with Crippen molar-refractivity contribution in [3.63, 3.8) is 0 Å². The molecule has 0 bridgehead atoms. The predicted molar refractivity (Wildman–Crippen MR) is 60.6 cm³/mol. The van der Waals surface area contributed by atoms with E-state index in [0.29, 0.717) is 19.4 Å². The summed E-state index contributed by atoms with van der Waals surface area (Å²) in [5.41, 5.74) is 0.105. The van der Waals surface area contributed by atoms with Crippen LogP contribution in [0.2, 0.25) is 0 Å². The Morgan fingerprint density at radius 3 is 2.94 bits per heavy atom. The monoisotopic (exact) mass is 235 g/mol. The highest BCUT2D eigenvalue weighted by Crippen LogP contribution is 2.40. The van der Waals surface area contributed by atoms with E-state index in [1.165, 1.54) is 0 Å². The number of nitriles is 1. The molecule has 84 valence electrons. The third kappa shape index (κ3) is 1.93. The summed E-state index contributed by atoms with van der Waals surface area (Å²) in [6.45, 7) is 2.35. The van der Waals surface area contributed by atoms with Crippen LogP contribution in [0.4, 0.5) is 0 Å². The van der Waals surface area contributed by atoms with Gasteiger partial charge in [0.25, 0.3) is 0 Å². The maximum atomic E-state index is 11.8. The Morgan fingerprint density at radius 2 is 2.50 bits per heavy atom. The highest BCUT2D eigenvalue weighted by molar-refractivity contribution is 7.09. The first-order valence-corrected chi connectivity index (χ1v) is 6.15. The maximum Gasteiger partial charge on any atom is 0.240 e. The Morgan fingerprint density at radius 1 is 1.75 bits per heavy atom. The molecule has 1 heterocycles. The fourth-order valence-corrected chi connectivity index (χ4v) is 2.36. The van der Waals surface area contributed by atoms with Crippen molar-refractivity contribution in [2.24, 2.45) is 5.41 Å². The van der Waals surface area contributed by atoms with Gasteiger partial charge in [-0.15, -0.1) is 11.3 Å². The maximum absolute atomic E-state index is 11.8. The van der Waals surface area contributed by atoms with E-state index in [2.05, 4.69) is 16.4 Å². The average Bonchev–Trinajstić information content (AvgIpc) is 2.60. The standard InChI is InChI=1S/C11H13N3OS/c1-8-14-9(6-16-8)5-13-10(15)11(7-12)3-2-4-11/h6H,2-5H2,1H3,(H,13,15). The summed E-state index contributed by atoms with van der Waals surface area (Å²) in [5, 5.41) is 14.7. The molecule has 0 aromatic carbocycles. The van der Waals surface area contributed by atoms with Gasteiger partial charge in [-0.25, -0.2) is 4.98 Å². The van der Waals surface area contributed by atoms with Crippen LogP contribution in [0.25, 0.3) is 0 Å². The molecule has 0 spiro atoms. The number of nitrogens with zero attached hydrogens (tertiary/aromatic N) is 2. The second-order valence-electron chi connectivity index (χ2n) is 4.09. The second kappa shape index (κ2) is 4.22. The van der Waals surface area contributed by atoms with Crippen molar-refractivity contribution in [3.8, 4) is 6.07 Å². The minimum atomic E-state index is -0.759. The first-order valence-electron chi connectivity index (χ1n) is 5.27. The third-order valence-electron chi connectivity index (χ3n) is 2.95. The van der Waals surface area contributed by atoms with Crippen molar-refractivity contribution >= 4 is 17.2 Å². The van der Waals surface area contributed by atoms with Crippen LogP contribution in [-0.2, 0) is 11.3 Å². The van der Waals surface area contributed by atoms with Crippen molar-refractivity contribution in [2.45, 2.75) is 32.7 Å². The number of amides is 1. The molecule has 1 amide bonds. The summed E-state index contributed by atoms with van der Waals surface area (Å²) in [4.78, 5) is 16.1. The molecule has 1 aliphatic carbocycles. The Labute approximate surface area is 98.3 Å². The summed E-state index contributed by atoms with van der Waals surface area (Å²) in [7, 11) is 0. The quantitative estimate of drug-likeness (QED) is 0.868. The molecule has 1 N–H and O–H groups in total. The van der Waals surface area contributed by atoms with E-state index in [0.717, 1.165) is 17.1 Å². The Hall–Kier alpha value is -1.41. The number of carbonyl (C=O) groups excluding carboxylic acids is 1. The van der Waals surface area contributed by atoms with Crippen LogP contribution in [0.5, 0.6) is 0 Å². The first-order chi connectivity index (χ1) is 7.66. The zero-order valence-electron chi connectivity index (χ0n) is 9.12. The van der Waals surface area contributed by atoms with Crippen molar-refractivity contribution in [2.75, 3.05) is 0 Å². The minimum Gasteiger partial charge on any atom is -0.349 e. The fourth-order valence-electron chi connectivity index (χ4n) is 1.75. The lowest BCUT2D eigenvalue weighted by atomic mass is 9.69. The van der Waals surface area contributed by atoms with Crippen LogP contribution >= 0.6 is 11.3 Å². The molecule has 1 aliphatic rings. The Kier molecular flexibility index (Phi) is 2.92. The number of aromatic nitrogens is 1. The Balaban J connectivity index is 1.91. The molecule has 0 saturated heterocycles. The molecule has 16 heavy (non-hydrogen) atoms. The molecule has 0 aliphatic heterocycles. The lowest BCUT2D eigenvalue weighted by Crippen LogP contribution is -2.44. The van der Waals surface area contributed by atoms with Crippen molar-refractivity contribution in [1.82, 2.24) is 10.3 Å². The van der Waals surface area contributed by atoms with Crippen molar-refractivity contribution in [1.29, 1.82) is 5.26 Å². The van der Waals surface area contributed by atoms with Crippen LogP contribution in [0.3, 0.4) is 0 Å². The van der Waals surface area contributed by atoms with Gasteiger partial charge in [-0.1, -0.05) is 0 Å². The molecule has 2 rings (SSSR count). The zero-order valence-corrected chi connectivity index (χ0v) is 9.93. The zero-order chi connectivity index (χ0) is 11.6. The molecule has 1 fully saturated rings. The van der Waals surface area contributed by atoms with Gasteiger partial charge in [-0.3, -0.25) is 4.79 Å². The minimum absolute atomic E-state index is 0.146. The average molecular weight is 235 g/mol. The largest absolute Gasteiger partial charge is 0.349 e. The van der Waals surface area contributed by atoms with E-state index in [4.69, 9.17) is 5.26 Å². The van der Waals surface area contributed by atoms with Crippen molar-refractivity contribution in [3.05, 3.63) is 16.1 Å². The van der Waals surface area contributed by atoms with E-state index in [-0.39, 0.29) is 5.91 Å². The molecule has 1 saturated carbocycles. The van der Waals surface area contributed by atoms with Crippen LogP contribution in [0.1, 0.15) is 30.0 Å². The second-order valence-corrected chi connectivity index (χ2v) is 5.15. The fraction of sp³-hybridized carbons (Fsp3) is 0.545. The van der Waals surface area contributed by atoms with Gasteiger partial charge in [0.05, 0.1) is 23.3 Å². The van der Waals surface area contributed by atoms with E-state index in [1.807, 2.05) is 12.3 Å². The van der Waals surface area contributed by atoms with Crippen LogP contribution < -0.4 is 5.32 Å². The number of rotatable bonds is 3. The molecule has 0 atom stereocenters. The normalized spacial score (nSPS) is 17.2. The summed E-state index contributed by atoms with van der Waals surface area (Å²) in [6, 6.07) is 2.13. The van der Waals surface area contributed by atoms with Crippen LogP contribution in [0, 0.1) is 23.7 Å². The number of thiazole rings is 1. The van der Waals surface area contributed by atoms with Gasteiger partial charge in [0, 0.05) is 5.38 Å². The molecule has 1 aromatic heterocycles. The number of aryl methyl sites for hydroxylation is 1. The van der Waals surface area contributed by atoms with Gasteiger partial charge in [-0.2, -0.15) is 5.26 Å². The lowest BCUT2D eigenvalue weighted by molar-refractivity contribution is -0.131. The van der Waals surface area contributed by atoms with Crippen LogP contribution in [0.15, 0.2) is 5.38 Å². The molecular formula is C11H13N3OS. The van der Waals surface area contributed by atoms with Gasteiger partial charge < -0.3 is 5.32 Å². The summed E-state index contributed by atoms with van der Waals surface area (Å²) in [6.07, 6.45) is 2.34. The van der Waals surface area contributed by atoms with Gasteiger partial charge >= 0.3 is 0 Å². The Bertz CT molecular complexity index is 442. The molecule has 0 unspecified atom stereocenters. The van der Waals surface area contributed by atoms with E-state index in [9.17, 15) is 4.79 Å². The number of nitrogens with one attached hydrogen (secondary N) is 1. The highest BCUT2D eigenvalue weighted by Gasteiger charge is 2.44. The highest BCUT2D eigenvalue weighted by atomic mass is 32.1. The summed E-state index contributed by atoms with van der Waals surface area (Å²) in [5.74, 6) is -0.146. The molecule has 0 radical (unpaired) electrons. The molecule has 1 aromatic rings. The molecule has 4 nitrogen and oxygen atoms in total. The topological polar surface area (TPSA) is 65.8 Å². The SMILES string of the molecule is Cc1nc(CNC(=O)C2(C#N)CCC2)cs1. The van der Waals surface area contributed by atoms with Gasteiger partial charge in [0.15, 0.2) is 0 Å². The van der Waals surface area contributed by atoms with E-state index in [1.54, 1.807) is 11.3 Å². The van der Waals surface area contributed by atoms with E-state index >= 15 is 0 Å². The molecule has 5 heteroatoms. The number of hydrogen-bond donors (Lipinski definition) is 1. The number of carbonyl (C=O) groups is 1. The van der Waals surface area contributed by atoms with Crippen molar-refractivity contribution < 1.29 is 4.79 Å². The van der Waals surface area contributed by atoms with Gasteiger partial charge in [0.2, 0.25) is 5.91 Å². The van der Waals surface area contributed by atoms with Gasteiger partial charge in [0.1, 0.15) is 5.41 Å². The first kappa shape index (κ1) is 11.1. The molecular weight excluding hydrogens is 222 g/mol. The third-order valence-corrected chi connectivity index (χ3v) is 3.77. The van der Waals surface area contributed by atoms with Crippen LogP contribution in [-0.4, -0.2) is 10.9 Å². The predicted octanol–water partition coefficient (Wildman–Crippen LogP) is 1.76. The lowest BCUT2D eigenvalue weighted by Gasteiger charge is -2.33. The summed E-state index contributed by atoms with van der Waals surface area (Å²) < 4.78 is 0.